The van der Waals surface area contributed by atoms with E-state index in [4.69, 9.17) is 5.73 Å². The van der Waals surface area contributed by atoms with E-state index in [0.717, 1.165) is 41.9 Å². The predicted molar refractivity (Wildman–Crippen MR) is 120 cm³/mol. The number of fused-ring (bicyclic) bond motifs is 1. The Hall–Kier alpha value is -2.94. The van der Waals surface area contributed by atoms with Gasteiger partial charge in [-0.3, -0.25) is 9.59 Å². The summed E-state index contributed by atoms with van der Waals surface area (Å²) in [5, 5.41) is 23.3. The van der Waals surface area contributed by atoms with Gasteiger partial charge in [-0.15, -0.1) is 0 Å². The van der Waals surface area contributed by atoms with Gasteiger partial charge in [0.1, 0.15) is 0 Å². The lowest BCUT2D eigenvalue weighted by molar-refractivity contribution is -0.153. The van der Waals surface area contributed by atoms with Gasteiger partial charge in [0, 0.05) is 45.0 Å². The van der Waals surface area contributed by atoms with Crippen LogP contribution in [0.3, 0.4) is 0 Å². The van der Waals surface area contributed by atoms with E-state index in [0.29, 0.717) is 26.2 Å². The van der Waals surface area contributed by atoms with Crippen molar-refractivity contribution in [1.29, 1.82) is 0 Å². The summed E-state index contributed by atoms with van der Waals surface area (Å²) in [6.45, 7) is 3.18. The molecule has 170 valence electrons. The first-order valence-corrected chi connectivity index (χ1v) is 11.0. The Morgan fingerprint density at radius 1 is 1.03 bits per heavy atom. The molecule has 2 heterocycles. The van der Waals surface area contributed by atoms with Gasteiger partial charge in [0.15, 0.2) is 12.2 Å². The van der Waals surface area contributed by atoms with E-state index in [1.807, 2.05) is 48.5 Å². The number of benzene rings is 2. The molecule has 2 amide bonds. The molecule has 3 atom stereocenters. The molecule has 8 heteroatoms. The summed E-state index contributed by atoms with van der Waals surface area (Å²) in [5.74, 6) is -1.17. The normalized spacial score (nSPS) is 19.5. The van der Waals surface area contributed by atoms with E-state index < -0.39 is 24.0 Å². The Labute approximate surface area is 187 Å². The van der Waals surface area contributed by atoms with Gasteiger partial charge < -0.3 is 31.1 Å². The third kappa shape index (κ3) is 4.62. The average Bonchev–Trinajstić information content (AvgIpc) is 3.48. The highest BCUT2D eigenvalue weighted by Crippen LogP contribution is 2.27. The van der Waals surface area contributed by atoms with Crippen molar-refractivity contribution >= 4 is 17.5 Å². The van der Waals surface area contributed by atoms with Gasteiger partial charge >= 0.3 is 0 Å². The molecule has 0 spiro atoms. The number of hydrogen-bond acceptors (Lipinski definition) is 6. The van der Waals surface area contributed by atoms with Crippen LogP contribution in [-0.4, -0.2) is 58.8 Å². The van der Waals surface area contributed by atoms with Crippen LogP contribution in [-0.2, 0) is 29.2 Å². The first-order chi connectivity index (χ1) is 15.5. The number of hydrogen-bond donors (Lipinski definition) is 4. The maximum atomic E-state index is 12.6. The zero-order chi connectivity index (χ0) is 22.7. The van der Waals surface area contributed by atoms with Crippen molar-refractivity contribution in [1.82, 2.24) is 10.2 Å². The minimum atomic E-state index is -1.80. The van der Waals surface area contributed by atoms with Crippen LogP contribution < -0.4 is 16.0 Å². The molecule has 1 unspecified atom stereocenters. The molecule has 0 bridgehead atoms. The lowest BCUT2D eigenvalue weighted by Crippen LogP contribution is -2.50. The molecule has 2 aromatic carbocycles. The van der Waals surface area contributed by atoms with Crippen molar-refractivity contribution in [3.8, 4) is 0 Å². The number of nitrogens with one attached hydrogen (secondary N) is 1. The van der Waals surface area contributed by atoms with Crippen LogP contribution in [0.25, 0.3) is 0 Å². The lowest BCUT2D eigenvalue weighted by Gasteiger charge is -2.23. The number of nitrogens with two attached hydrogens (primary N) is 1. The summed E-state index contributed by atoms with van der Waals surface area (Å²) in [6.07, 6.45) is -2.70. The van der Waals surface area contributed by atoms with Crippen LogP contribution in [0.15, 0.2) is 48.5 Å². The van der Waals surface area contributed by atoms with Crippen molar-refractivity contribution in [2.75, 3.05) is 24.5 Å². The second-order valence-corrected chi connectivity index (χ2v) is 8.53. The van der Waals surface area contributed by atoms with E-state index in [9.17, 15) is 19.8 Å². The van der Waals surface area contributed by atoms with Crippen molar-refractivity contribution in [3.63, 3.8) is 0 Å². The summed E-state index contributed by atoms with van der Waals surface area (Å²) in [4.78, 5) is 28.7. The number of anilines is 1. The molecule has 8 nitrogen and oxygen atoms in total. The Morgan fingerprint density at radius 3 is 2.38 bits per heavy atom. The molecule has 0 saturated carbocycles. The molecule has 1 saturated heterocycles. The molecular formula is C24H30N4O4. The zero-order valence-electron chi connectivity index (χ0n) is 18.0. The SMILES string of the molecule is NCc1ccccc1N1CCC(CNC(=O)[C@H](O)[C@@H](O)C(=O)N2Cc3ccccc3C2)C1. The Kier molecular flexibility index (Phi) is 6.74. The molecular weight excluding hydrogens is 408 g/mol. The molecule has 1 fully saturated rings. The minimum absolute atomic E-state index is 0.206. The second-order valence-electron chi connectivity index (χ2n) is 8.53. The quantitative estimate of drug-likeness (QED) is 0.495. The van der Waals surface area contributed by atoms with Crippen LogP contribution in [0.5, 0.6) is 0 Å². The average molecular weight is 439 g/mol. The number of nitrogens with zero attached hydrogens (tertiary/aromatic N) is 2. The summed E-state index contributed by atoms with van der Waals surface area (Å²) in [6, 6.07) is 15.6. The van der Waals surface area contributed by atoms with Gasteiger partial charge in [-0.05, 0) is 35.1 Å². The summed E-state index contributed by atoms with van der Waals surface area (Å²) in [7, 11) is 0. The molecule has 2 aromatic rings. The zero-order valence-corrected chi connectivity index (χ0v) is 18.0. The van der Waals surface area contributed by atoms with E-state index in [2.05, 4.69) is 10.2 Å². The highest BCUT2D eigenvalue weighted by molar-refractivity contribution is 5.91. The molecule has 0 aliphatic carbocycles. The van der Waals surface area contributed by atoms with E-state index in [1.165, 1.54) is 4.90 Å². The molecule has 2 aliphatic rings. The molecule has 5 N–H and O–H groups in total. The fourth-order valence-electron chi connectivity index (χ4n) is 4.51. The van der Waals surface area contributed by atoms with Crippen LogP contribution in [0.4, 0.5) is 5.69 Å². The van der Waals surface area contributed by atoms with Gasteiger partial charge in [0.05, 0.1) is 0 Å². The maximum absolute atomic E-state index is 12.6. The molecule has 0 radical (unpaired) electrons. The standard InChI is InChI=1S/C24H30N4O4/c25-11-17-5-3-4-8-20(17)27-10-9-16(13-27)12-26-23(31)21(29)22(30)24(32)28-14-18-6-1-2-7-19(18)15-28/h1-8,16,21-22,29-30H,9-15,25H2,(H,26,31)/t16?,21-,22-/m1/s1. The van der Waals surface area contributed by atoms with Crippen LogP contribution in [0, 0.1) is 5.92 Å². The number of carbonyl (C=O) groups is 2. The van der Waals surface area contributed by atoms with Crippen LogP contribution >= 0.6 is 0 Å². The Bertz CT molecular complexity index is 957. The third-order valence-electron chi connectivity index (χ3n) is 6.38. The summed E-state index contributed by atoms with van der Waals surface area (Å²) < 4.78 is 0. The van der Waals surface area contributed by atoms with Crippen molar-refractivity contribution in [3.05, 3.63) is 65.2 Å². The Morgan fingerprint density at radius 2 is 1.69 bits per heavy atom. The van der Waals surface area contributed by atoms with Crippen molar-refractivity contribution in [2.24, 2.45) is 11.7 Å². The molecule has 0 aromatic heterocycles. The number of rotatable bonds is 7. The maximum Gasteiger partial charge on any atom is 0.255 e. The van der Waals surface area contributed by atoms with E-state index in [1.54, 1.807) is 0 Å². The minimum Gasteiger partial charge on any atom is -0.380 e. The van der Waals surface area contributed by atoms with E-state index >= 15 is 0 Å². The fourth-order valence-corrected chi connectivity index (χ4v) is 4.51. The van der Waals surface area contributed by atoms with Gasteiger partial charge in [-0.25, -0.2) is 0 Å². The first-order valence-electron chi connectivity index (χ1n) is 11.0. The topological polar surface area (TPSA) is 119 Å². The second kappa shape index (κ2) is 9.68. The first kappa shape index (κ1) is 22.3. The smallest absolute Gasteiger partial charge is 0.255 e. The summed E-state index contributed by atoms with van der Waals surface area (Å²) >= 11 is 0. The molecule has 2 aliphatic heterocycles. The third-order valence-corrected chi connectivity index (χ3v) is 6.38. The van der Waals surface area contributed by atoms with Gasteiger partial charge in [-0.2, -0.15) is 0 Å². The molecule has 32 heavy (non-hydrogen) atoms. The number of carbonyl (C=O) groups excluding carboxylic acids is 2. The van der Waals surface area contributed by atoms with Crippen LogP contribution in [0.1, 0.15) is 23.1 Å². The largest absolute Gasteiger partial charge is 0.380 e. The monoisotopic (exact) mass is 438 g/mol. The van der Waals surface area contributed by atoms with Gasteiger partial charge in [0.25, 0.3) is 11.8 Å². The number of amides is 2. The molecule has 4 rings (SSSR count). The number of aliphatic hydroxyl groups is 2. The number of para-hydroxylation sites is 1. The highest BCUT2D eigenvalue weighted by atomic mass is 16.3. The summed E-state index contributed by atoms with van der Waals surface area (Å²) in [5.41, 5.74) is 10.0. The lowest BCUT2D eigenvalue weighted by atomic mass is 10.1. The number of aliphatic hydroxyl groups excluding tert-OH is 2. The van der Waals surface area contributed by atoms with E-state index in [-0.39, 0.29) is 5.92 Å². The fraction of sp³-hybridized carbons (Fsp3) is 0.417. The van der Waals surface area contributed by atoms with Crippen LogP contribution in [0.2, 0.25) is 0 Å². The predicted octanol–water partition coefficient (Wildman–Crippen LogP) is 0.352. The highest BCUT2D eigenvalue weighted by Gasteiger charge is 2.36. The van der Waals surface area contributed by atoms with Gasteiger partial charge in [0.2, 0.25) is 0 Å². The van der Waals surface area contributed by atoms with Gasteiger partial charge in [-0.1, -0.05) is 42.5 Å². The van der Waals surface area contributed by atoms with Crippen molar-refractivity contribution in [2.45, 2.75) is 38.3 Å². The van der Waals surface area contributed by atoms with Crippen molar-refractivity contribution < 1.29 is 19.8 Å². The Balaban J connectivity index is 1.26.